The van der Waals surface area contributed by atoms with E-state index in [4.69, 9.17) is 17.4 Å². The van der Waals surface area contributed by atoms with Crippen LogP contribution in [-0.2, 0) is 0 Å². The van der Waals surface area contributed by atoms with Gasteiger partial charge in [0, 0.05) is 6.20 Å². The second-order valence-corrected chi connectivity index (χ2v) is 5.66. The van der Waals surface area contributed by atoms with Crippen molar-refractivity contribution >= 4 is 11.6 Å². The molecule has 0 radical (unpaired) electrons. The Kier molecular flexibility index (Phi) is 4.01. The first kappa shape index (κ1) is 13.6. The van der Waals surface area contributed by atoms with E-state index in [-0.39, 0.29) is 6.04 Å². The number of nitrogens with one attached hydrogen (secondary N) is 1. The molecule has 1 fully saturated rings. The van der Waals surface area contributed by atoms with Gasteiger partial charge in [0.15, 0.2) is 0 Å². The van der Waals surface area contributed by atoms with Crippen LogP contribution in [0.2, 0.25) is 5.15 Å². The standard InChI is InChI=1S/C16H18ClN3/c17-15-9-8-12(10-19-15)16(20-18)14-7-2-1-6-13(14)11-4-3-5-11/h1-2,6-11,16,20H,3-5,18H2. The Labute approximate surface area is 124 Å². The Morgan fingerprint density at radius 3 is 2.60 bits per heavy atom. The van der Waals surface area contributed by atoms with Crippen molar-refractivity contribution in [2.45, 2.75) is 31.2 Å². The Hall–Kier alpha value is -1.42. The van der Waals surface area contributed by atoms with Crippen molar-refractivity contribution in [2.75, 3.05) is 0 Å². The lowest BCUT2D eigenvalue weighted by Gasteiger charge is -2.30. The number of hydrogen-bond donors (Lipinski definition) is 2. The first-order valence-corrected chi connectivity index (χ1v) is 7.34. The number of benzene rings is 1. The van der Waals surface area contributed by atoms with Gasteiger partial charge in [-0.1, -0.05) is 48.4 Å². The lowest BCUT2D eigenvalue weighted by atomic mass is 9.76. The lowest BCUT2D eigenvalue weighted by Crippen LogP contribution is -2.30. The molecular formula is C16H18ClN3. The zero-order chi connectivity index (χ0) is 13.9. The second kappa shape index (κ2) is 5.92. The molecule has 1 aliphatic rings. The average Bonchev–Trinajstić information content (AvgIpc) is 2.41. The number of pyridine rings is 1. The van der Waals surface area contributed by atoms with E-state index in [1.165, 1.54) is 30.4 Å². The number of aromatic nitrogens is 1. The quantitative estimate of drug-likeness (QED) is 0.514. The molecule has 20 heavy (non-hydrogen) atoms. The van der Waals surface area contributed by atoms with E-state index in [1.807, 2.05) is 6.07 Å². The topological polar surface area (TPSA) is 50.9 Å². The van der Waals surface area contributed by atoms with Gasteiger partial charge in [0.05, 0.1) is 6.04 Å². The van der Waals surface area contributed by atoms with Gasteiger partial charge < -0.3 is 0 Å². The summed E-state index contributed by atoms with van der Waals surface area (Å²) in [7, 11) is 0. The van der Waals surface area contributed by atoms with E-state index in [9.17, 15) is 0 Å². The van der Waals surface area contributed by atoms with Gasteiger partial charge >= 0.3 is 0 Å². The lowest BCUT2D eigenvalue weighted by molar-refractivity contribution is 0.414. The summed E-state index contributed by atoms with van der Waals surface area (Å²) in [5.74, 6) is 6.46. The Morgan fingerprint density at radius 1 is 1.20 bits per heavy atom. The molecule has 3 nitrogen and oxygen atoms in total. The molecule has 0 spiro atoms. The highest BCUT2D eigenvalue weighted by atomic mass is 35.5. The summed E-state index contributed by atoms with van der Waals surface area (Å²) in [5.41, 5.74) is 6.58. The van der Waals surface area contributed by atoms with E-state index < -0.39 is 0 Å². The molecule has 0 saturated heterocycles. The van der Waals surface area contributed by atoms with Gasteiger partial charge in [-0.2, -0.15) is 0 Å². The van der Waals surface area contributed by atoms with Gasteiger partial charge in [-0.15, -0.1) is 0 Å². The van der Waals surface area contributed by atoms with Crippen LogP contribution < -0.4 is 11.3 Å². The maximum Gasteiger partial charge on any atom is 0.129 e. The molecular weight excluding hydrogens is 270 g/mol. The molecule has 4 heteroatoms. The van der Waals surface area contributed by atoms with Crippen molar-refractivity contribution in [1.82, 2.24) is 10.4 Å². The minimum atomic E-state index is -0.0448. The van der Waals surface area contributed by atoms with Crippen molar-refractivity contribution in [2.24, 2.45) is 5.84 Å². The van der Waals surface area contributed by atoms with Crippen LogP contribution in [0.3, 0.4) is 0 Å². The fourth-order valence-electron chi connectivity index (χ4n) is 2.79. The van der Waals surface area contributed by atoms with Gasteiger partial charge in [0.1, 0.15) is 5.15 Å². The van der Waals surface area contributed by atoms with Gasteiger partial charge in [0.2, 0.25) is 0 Å². The molecule has 3 N–H and O–H groups in total. The molecule has 1 unspecified atom stereocenters. The summed E-state index contributed by atoms with van der Waals surface area (Å²) in [4.78, 5) is 4.15. The Bertz CT molecular complexity index is 579. The summed E-state index contributed by atoms with van der Waals surface area (Å²) >= 11 is 5.86. The van der Waals surface area contributed by atoms with Crippen LogP contribution in [0.15, 0.2) is 42.6 Å². The zero-order valence-electron chi connectivity index (χ0n) is 11.2. The summed E-state index contributed by atoms with van der Waals surface area (Å²) in [5, 5.41) is 0.497. The predicted octanol–water partition coefficient (Wildman–Crippen LogP) is 3.56. The van der Waals surface area contributed by atoms with Crippen LogP contribution in [-0.4, -0.2) is 4.98 Å². The summed E-state index contributed by atoms with van der Waals surface area (Å²) in [6.07, 6.45) is 5.65. The monoisotopic (exact) mass is 287 g/mol. The van der Waals surface area contributed by atoms with E-state index in [1.54, 1.807) is 12.3 Å². The first-order valence-electron chi connectivity index (χ1n) is 6.96. The summed E-state index contributed by atoms with van der Waals surface area (Å²) < 4.78 is 0. The van der Waals surface area contributed by atoms with Crippen molar-refractivity contribution < 1.29 is 0 Å². The number of nitrogens with two attached hydrogens (primary N) is 1. The summed E-state index contributed by atoms with van der Waals surface area (Å²) in [6, 6.07) is 12.2. The number of hydrogen-bond acceptors (Lipinski definition) is 3. The molecule has 104 valence electrons. The fourth-order valence-corrected chi connectivity index (χ4v) is 2.90. The third-order valence-corrected chi connectivity index (χ3v) is 4.33. The van der Waals surface area contributed by atoms with Crippen molar-refractivity contribution in [1.29, 1.82) is 0 Å². The number of halogens is 1. The van der Waals surface area contributed by atoms with E-state index in [2.05, 4.69) is 34.7 Å². The van der Waals surface area contributed by atoms with Crippen molar-refractivity contribution in [3.05, 3.63) is 64.4 Å². The highest BCUT2D eigenvalue weighted by molar-refractivity contribution is 6.29. The van der Waals surface area contributed by atoms with Crippen LogP contribution in [0.1, 0.15) is 47.9 Å². The second-order valence-electron chi connectivity index (χ2n) is 5.27. The third kappa shape index (κ3) is 2.57. The van der Waals surface area contributed by atoms with Gasteiger partial charge in [-0.25, -0.2) is 10.4 Å². The van der Waals surface area contributed by atoms with Crippen LogP contribution in [0, 0.1) is 0 Å². The highest BCUT2D eigenvalue weighted by Crippen LogP contribution is 2.40. The molecule has 1 aliphatic carbocycles. The maximum atomic E-state index is 5.86. The van der Waals surface area contributed by atoms with E-state index >= 15 is 0 Å². The van der Waals surface area contributed by atoms with Crippen molar-refractivity contribution in [3.63, 3.8) is 0 Å². The van der Waals surface area contributed by atoms with Crippen LogP contribution in [0.25, 0.3) is 0 Å². The molecule has 0 amide bonds. The number of nitrogens with zero attached hydrogens (tertiary/aromatic N) is 1. The largest absolute Gasteiger partial charge is 0.271 e. The van der Waals surface area contributed by atoms with Crippen LogP contribution in [0.5, 0.6) is 0 Å². The number of hydrazine groups is 1. The summed E-state index contributed by atoms with van der Waals surface area (Å²) in [6.45, 7) is 0. The molecule has 0 aliphatic heterocycles. The van der Waals surface area contributed by atoms with Gasteiger partial charge in [-0.3, -0.25) is 5.84 Å². The minimum absolute atomic E-state index is 0.0448. The molecule has 1 heterocycles. The third-order valence-electron chi connectivity index (χ3n) is 4.10. The molecule has 1 aromatic carbocycles. The normalized spacial score (nSPS) is 16.7. The Morgan fingerprint density at radius 2 is 2.00 bits per heavy atom. The van der Waals surface area contributed by atoms with Crippen LogP contribution >= 0.6 is 11.6 Å². The van der Waals surface area contributed by atoms with Gasteiger partial charge in [-0.05, 0) is 41.5 Å². The van der Waals surface area contributed by atoms with Gasteiger partial charge in [0.25, 0.3) is 0 Å². The Balaban J connectivity index is 1.98. The van der Waals surface area contributed by atoms with Crippen molar-refractivity contribution in [3.8, 4) is 0 Å². The minimum Gasteiger partial charge on any atom is -0.271 e. The zero-order valence-corrected chi connectivity index (χ0v) is 12.0. The predicted molar refractivity (Wildman–Crippen MR) is 81.4 cm³/mol. The first-order chi connectivity index (χ1) is 9.79. The number of rotatable bonds is 4. The smallest absolute Gasteiger partial charge is 0.129 e. The average molecular weight is 288 g/mol. The molecule has 3 rings (SSSR count). The molecule has 2 aromatic rings. The SMILES string of the molecule is NNC(c1ccc(Cl)nc1)c1ccccc1C1CCC1. The molecule has 1 aromatic heterocycles. The van der Waals surface area contributed by atoms with E-state index in [0.29, 0.717) is 11.1 Å². The van der Waals surface area contributed by atoms with E-state index in [0.717, 1.165) is 5.56 Å². The molecule has 0 bridgehead atoms. The maximum absolute atomic E-state index is 5.86. The molecule has 1 atom stereocenters. The van der Waals surface area contributed by atoms with Crippen LogP contribution in [0.4, 0.5) is 0 Å². The highest BCUT2D eigenvalue weighted by Gasteiger charge is 2.25. The fraction of sp³-hybridized carbons (Fsp3) is 0.312. The molecule has 1 saturated carbocycles.